The van der Waals surface area contributed by atoms with Crippen LogP contribution in [0.3, 0.4) is 0 Å². The Morgan fingerprint density at radius 3 is 2.47 bits per heavy atom. The monoisotopic (exact) mass is 281 g/mol. The summed E-state index contributed by atoms with van der Waals surface area (Å²) in [5.41, 5.74) is 5.00. The number of halogens is 4. The Labute approximate surface area is 94.6 Å². The number of rotatable bonds is 3. The summed E-state index contributed by atoms with van der Waals surface area (Å²) in [5, 5.41) is 0. The van der Waals surface area contributed by atoms with Crippen LogP contribution < -0.4 is 5.73 Å². The third-order valence-electron chi connectivity index (χ3n) is 2.03. The molecule has 0 heterocycles. The SMILES string of the molecule is NCCCc1ccc(Br)cc1C(F)(F)F. The topological polar surface area (TPSA) is 26.0 Å². The average Bonchev–Trinajstić information content (AvgIpc) is 2.14. The molecule has 1 nitrogen and oxygen atoms in total. The molecule has 1 rings (SSSR count). The molecule has 0 bridgehead atoms. The average molecular weight is 282 g/mol. The summed E-state index contributed by atoms with van der Waals surface area (Å²) in [4.78, 5) is 0. The number of aryl methyl sites for hydroxylation is 1. The lowest BCUT2D eigenvalue weighted by Gasteiger charge is -2.12. The van der Waals surface area contributed by atoms with Crippen molar-refractivity contribution in [1.29, 1.82) is 0 Å². The Balaban J connectivity index is 3.04. The van der Waals surface area contributed by atoms with Crippen molar-refractivity contribution < 1.29 is 13.2 Å². The highest BCUT2D eigenvalue weighted by Crippen LogP contribution is 2.34. The van der Waals surface area contributed by atoms with E-state index < -0.39 is 11.7 Å². The van der Waals surface area contributed by atoms with Crippen LogP contribution in [-0.2, 0) is 12.6 Å². The maximum atomic E-state index is 12.6. The van der Waals surface area contributed by atoms with Crippen LogP contribution in [0.15, 0.2) is 22.7 Å². The molecular weight excluding hydrogens is 271 g/mol. The van der Waals surface area contributed by atoms with Gasteiger partial charge >= 0.3 is 6.18 Å². The highest BCUT2D eigenvalue weighted by molar-refractivity contribution is 9.10. The van der Waals surface area contributed by atoms with E-state index in [4.69, 9.17) is 5.73 Å². The molecule has 0 aliphatic rings. The first kappa shape index (κ1) is 12.5. The van der Waals surface area contributed by atoms with Crippen LogP contribution in [0.25, 0.3) is 0 Å². The van der Waals surface area contributed by atoms with Gasteiger partial charge in [0.25, 0.3) is 0 Å². The van der Waals surface area contributed by atoms with Crippen LogP contribution in [0, 0.1) is 0 Å². The Kier molecular flexibility index (Phi) is 4.16. The minimum atomic E-state index is -4.30. The van der Waals surface area contributed by atoms with Crippen molar-refractivity contribution >= 4 is 15.9 Å². The highest BCUT2D eigenvalue weighted by Gasteiger charge is 2.33. The quantitative estimate of drug-likeness (QED) is 0.903. The summed E-state index contributed by atoms with van der Waals surface area (Å²) < 4.78 is 38.2. The molecule has 0 aliphatic carbocycles. The molecule has 0 fully saturated rings. The summed E-state index contributed by atoms with van der Waals surface area (Å²) in [6, 6.07) is 4.20. The predicted molar refractivity (Wildman–Crippen MR) is 56.5 cm³/mol. The lowest BCUT2D eigenvalue weighted by atomic mass is 10.0. The third-order valence-corrected chi connectivity index (χ3v) is 2.52. The van der Waals surface area contributed by atoms with Gasteiger partial charge in [-0.15, -0.1) is 0 Å². The molecule has 0 spiro atoms. The van der Waals surface area contributed by atoms with Gasteiger partial charge in [0.05, 0.1) is 5.56 Å². The second kappa shape index (κ2) is 4.99. The number of alkyl halides is 3. The molecule has 0 amide bonds. The minimum absolute atomic E-state index is 0.302. The zero-order valence-corrected chi connectivity index (χ0v) is 9.53. The molecule has 0 saturated heterocycles. The molecule has 0 atom stereocenters. The van der Waals surface area contributed by atoms with E-state index in [1.807, 2.05) is 0 Å². The largest absolute Gasteiger partial charge is 0.416 e. The van der Waals surface area contributed by atoms with Gasteiger partial charge in [0.2, 0.25) is 0 Å². The Hall–Kier alpha value is -0.550. The van der Waals surface area contributed by atoms with Gasteiger partial charge in [-0.2, -0.15) is 13.2 Å². The van der Waals surface area contributed by atoms with Crippen molar-refractivity contribution in [2.24, 2.45) is 5.73 Å². The van der Waals surface area contributed by atoms with E-state index in [0.29, 0.717) is 29.4 Å². The molecule has 2 N–H and O–H groups in total. The van der Waals surface area contributed by atoms with Gasteiger partial charge < -0.3 is 5.73 Å². The van der Waals surface area contributed by atoms with Crippen molar-refractivity contribution in [2.45, 2.75) is 19.0 Å². The number of nitrogens with two attached hydrogens (primary N) is 1. The Bertz CT molecular complexity index is 336. The first-order valence-corrected chi connectivity index (χ1v) is 5.30. The van der Waals surface area contributed by atoms with Crippen molar-refractivity contribution in [3.05, 3.63) is 33.8 Å². The van der Waals surface area contributed by atoms with Crippen LogP contribution in [-0.4, -0.2) is 6.54 Å². The van der Waals surface area contributed by atoms with Gasteiger partial charge in [-0.05, 0) is 37.1 Å². The summed E-state index contributed by atoms with van der Waals surface area (Å²) >= 11 is 3.03. The maximum absolute atomic E-state index is 12.6. The molecule has 0 aliphatic heterocycles. The molecule has 0 radical (unpaired) electrons. The summed E-state index contributed by atoms with van der Waals surface area (Å²) in [6.45, 7) is 0.396. The fraction of sp³-hybridized carbons (Fsp3) is 0.400. The van der Waals surface area contributed by atoms with Gasteiger partial charge in [0, 0.05) is 4.47 Å². The maximum Gasteiger partial charge on any atom is 0.416 e. The molecular formula is C10H11BrF3N. The van der Waals surface area contributed by atoms with E-state index in [9.17, 15) is 13.2 Å². The van der Waals surface area contributed by atoms with Gasteiger partial charge in [-0.25, -0.2) is 0 Å². The lowest BCUT2D eigenvalue weighted by molar-refractivity contribution is -0.138. The fourth-order valence-electron chi connectivity index (χ4n) is 1.32. The Morgan fingerprint density at radius 2 is 1.93 bits per heavy atom. The van der Waals surface area contributed by atoms with Crippen LogP contribution in [0.2, 0.25) is 0 Å². The smallest absolute Gasteiger partial charge is 0.330 e. The van der Waals surface area contributed by atoms with E-state index in [2.05, 4.69) is 15.9 Å². The fourth-order valence-corrected chi connectivity index (χ4v) is 1.68. The molecule has 1 aromatic rings. The van der Waals surface area contributed by atoms with Gasteiger partial charge in [-0.3, -0.25) is 0 Å². The molecule has 5 heteroatoms. The molecule has 1 aromatic carbocycles. The molecule has 0 saturated carbocycles. The molecule has 0 aromatic heterocycles. The number of hydrogen-bond acceptors (Lipinski definition) is 1. The first-order chi connectivity index (χ1) is 6.95. The van der Waals surface area contributed by atoms with Crippen molar-refractivity contribution in [2.75, 3.05) is 6.54 Å². The van der Waals surface area contributed by atoms with Crippen molar-refractivity contribution in [3.63, 3.8) is 0 Å². The zero-order valence-electron chi connectivity index (χ0n) is 7.94. The second-order valence-electron chi connectivity index (χ2n) is 3.19. The molecule has 0 unspecified atom stereocenters. The molecule has 84 valence electrons. The second-order valence-corrected chi connectivity index (χ2v) is 4.11. The highest BCUT2D eigenvalue weighted by atomic mass is 79.9. The van der Waals surface area contributed by atoms with E-state index in [-0.39, 0.29) is 0 Å². The molecule has 15 heavy (non-hydrogen) atoms. The van der Waals surface area contributed by atoms with Crippen molar-refractivity contribution in [3.8, 4) is 0 Å². The summed E-state index contributed by atoms with van der Waals surface area (Å²) in [5.74, 6) is 0. The number of hydrogen-bond donors (Lipinski definition) is 1. The van der Waals surface area contributed by atoms with E-state index in [0.717, 1.165) is 6.07 Å². The third kappa shape index (κ3) is 3.50. The normalized spacial score (nSPS) is 11.8. The lowest BCUT2D eigenvalue weighted by Crippen LogP contribution is -2.10. The van der Waals surface area contributed by atoms with Crippen LogP contribution in [0.1, 0.15) is 17.5 Å². The van der Waals surface area contributed by atoms with E-state index in [1.165, 1.54) is 6.07 Å². The van der Waals surface area contributed by atoms with Crippen LogP contribution >= 0.6 is 15.9 Å². The summed E-state index contributed by atoms with van der Waals surface area (Å²) in [6.07, 6.45) is -3.38. The van der Waals surface area contributed by atoms with Crippen LogP contribution in [0.4, 0.5) is 13.2 Å². The standard InChI is InChI=1S/C10H11BrF3N/c11-8-4-3-7(2-1-5-15)9(6-8)10(12,13)14/h3-4,6H,1-2,5,15H2. The first-order valence-electron chi connectivity index (χ1n) is 4.51. The zero-order chi connectivity index (χ0) is 11.5. The van der Waals surface area contributed by atoms with Gasteiger partial charge in [-0.1, -0.05) is 22.0 Å². The minimum Gasteiger partial charge on any atom is -0.330 e. The van der Waals surface area contributed by atoms with Gasteiger partial charge in [0.1, 0.15) is 0 Å². The van der Waals surface area contributed by atoms with Gasteiger partial charge in [0.15, 0.2) is 0 Å². The Morgan fingerprint density at radius 1 is 1.27 bits per heavy atom. The predicted octanol–water partition coefficient (Wildman–Crippen LogP) is 3.36. The van der Waals surface area contributed by atoms with E-state index in [1.54, 1.807) is 6.07 Å². The number of benzene rings is 1. The summed E-state index contributed by atoms with van der Waals surface area (Å²) in [7, 11) is 0. The van der Waals surface area contributed by atoms with Crippen molar-refractivity contribution in [1.82, 2.24) is 0 Å². The van der Waals surface area contributed by atoms with E-state index >= 15 is 0 Å². The van der Waals surface area contributed by atoms with Crippen LogP contribution in [0.5, 0.6) is 0 Å².